The Morgan fingerprint density at radius 1 is 1.11 bits per heavy atom. The Labute approximate surface area is 114 Å². The zero-order valence-corrected chi connectivity index (χ0v) is 11.4. The molecule has 1 aliphatic rings. The molecule has 100 valence electrons. The molecule has 0 saturated heterocycles. The minimum Gasteiger partial charge on any atom is -0.465 e. The predicted molar refractivity (Wildman–Crippen MR) is 77.6 cm³/mol. The van der Waals surface area contributed by atoms with E-state index in [1.807, 2.05) is 36.4 Å². The lowest BCUT2D eigenvalue weighted by atomic mass is 9.94. The van der Waals surface area contributed by atoms with Gasteiger partial charge in [0.25, 0.3) is 0 Å². The first-order valence-electron chi connectivity index (χ1n) is 6.84. The highest BCUT2D eigenvalue weighted by molar-refractivity contribution is 6.16. The summed E-state index contributed by atoms with van der Waals surface area (Å²) in [6.45, 7) is 0. The van der Waals surface area contributed by atoms with Gasteiger partial charge in [-0.1, -0.05) is 48.4 Å². The van der Waals surface area contributed by atoms with Crippen LogP contribution in [0.5, 0.6) is 0 Å². The Morgan fingerprint density at radius 3 is 2.42 bits per heavy atom. The maximum absolute atomic E-state index is 11.9. The van der Waals surface area contributed by atoms with Crippen molar-refractivity contribution in [3.63, 3.8) is 0 Å². The highest BCUT2D eigenvalue weighted by Gasteiger charge is 2.11. The maximum atomic E-state index is 11.9. The SMILES string of the molecule is COC(=O)/C(=C/C=C1CCCCC1)c1ccccc1. The number of hydrogen-bond acceptors (Lipinski definition) is 2. The van der Waals surface area contributed by atoms with E-state index >= 15 is 0 Å². The Kier molecular flexibility index (Phi) is 4.96. The van der Waals surface area contributed by atoms with Crippen molar-refractivity contribution in [2.24, 2.45) is 0 Å². The summed E-state index contributed by atoms with van der Waals surface area (Å²) in [6.07, 6.45) is 10.2. The average molecular weight is 256 g/mol. The van der Waals surface area contributed by atoms with Gasteiger partial charge in [0.05, 0.1) is 12.7 Å². The van der Waals surface area contributed by atoms with Crippen LogP contribution in [0.15, 0.2) is 48.1 Å². The monoisotopic (exact) mass is 256 g/mol. The maximum Gasteiger partial charge on any atom is 0.338 e. The molecule has 0 radical (unpaired) electrons. The van der Waals surface area contributed by atoms with Crippen LogP contribution in [0, 0.1) is 0 Å². The minimum absolute atomic E-state index is 0.279. The van der Waals surface area contributed by atoms with Crippen molar-refractivity contribution in [1.29, 1.82) is 0 Å². The lowest BCUT2D eigenvalue weighted by Crippen LogP contribution is -2.03. The van der Waals surface area contributed by atoms with Gasteiger partial charge in [0.15, 0.2) is 0 Å². The van der Waals surface area contributed by atoms with E-state index in [4.69, 9.17) is 4.74 Å². The zero-order chi connectivity index (χ0) is 13.5. The third-order valence-corrected chi connectivity index (χ3v) is 3.47. The van der Waals surface area contributed by atoms with Crippen LogP contribution < -0.4 is 0 Å². The second-order valence-corrected chi connectivity index (χ2v) is 4.82. The fourth-order valence-electron chi connectivity index (χ4n) is 2.38. The topological polar surface area (TPSA) is 26.3 Å². The van der Waals surface area contributed by atoms with Gasteiger partial charge in [0.1, 0.15) is 0 Å². The molecule has 0 spiro atoms. The predicted octanol–water partition coefficient (Wildman–Crippen LogP) is 4.13. The van der Waals surface area contributed by atoms with Gasteiger partial charge in [0.2, 0.25) is 0 Å². The van der Waals surface area contributed by atoms with Gasteiger partial charge in [-0.25, -0.2) is 4.79 Å². The molecule has 0 unspecified atom stereocenters. The van der Waals surface area contributed by atoms with Crippen molar-refractivity contribution < 1.29 is 9.53 Å². The van der Waals surface area contributed by atoms with E-state index in [9.17, 15) is 4.79 Å². The van der Waals surface area contributed by atoms with Crippen molar-refractivity contribution in [3.8, 4) is 0 Å². The first-order chi connectivity index (χ1) is 9.31. The molecule has 0 N–H and O–H groups in total. The van der Waals surface area contributed by atoms with E-state index < -0.39 is 0 Å². The summed E-state index contributed by atoms with van der Waals surface area (Å²) in [5.41, 5.74) is 2.96. The molecule has 1 fully saturated rings. The number of carbonyl (C=O) groups is 1. The Hall–Kier alpha value is -1.83. The molecule has 0 atom stereocenters. The second-order valence-electron chi connectivity index (χ2n) is 4.82. The average Bonchev–Trinajstić information content (AvgIpc) is 2.49. The molecule has 0 bridgehead atoms. The van der Waals surface area contributed by atoms with Gasteiger partial charge in [-0.05, 0) is 37.3 Å². The Morgan fingerprint density at radius 2 is 1.79 bits per heavy atom. The van der Waals surface area contributed by atoms with Gasteiger partial charge < -0.3 is 4.74 Å². The van der Waals surface area contributed by atoms with Crippen molar-refractivity contribution >= 4 is 11.5 Å². The third-order valence-electron chi connectivity index (χ3n) is 3.47. The van der Waals surface area contributed by atoms with Crippen LogP contribution in [0.3, 0.4) is 0 Å². The van der Waals surface area contributed by atoms with Crippen molar-refractivity contribution in [2.75, 3.05) is 7.11 Å². The number of methoxy groups -OCH3 is 1. The molecule has 0 heterocycles. The molecule has 19 heavy (non-hydrogen) atoms. The van der Waals surface area contributed by atoms with Crippen LogP contribution in [0.25, 0.3) is 5.57 Å². The number of ether oxygens (including phenoxy) is 1. The van der Waals surface area contributed by atoms with Gasteiger partial charge in [0, 0.05) is 0 Å². The second kappa shape index (κ2) is 6.93. The molecule has 1 saturated carbocycles. The smallest absolute Gasteiger partial charge is 0.338 e. The summed E-state index contributed by atoms with van der Waals surface area (Å²) in [5, 5.41) is 0. The number of carbonyl (C=O) groups excluding carboxylic acids is 1. The Balaban J connectivity index is 2.25. The quantitative estimate of drug-likeness (QED) is 0.600. The number of rotatable bonds is 3. The molecule has 1 aliphatic carbocycles. The molecule has 0 aliphatic heterocycles. The van der Waals surface area contributed by atoms with Crippen molar-refractivity contribution in [3.05, 3.63) is 53.6 Å². The van der Waals surface area contributed by atoms with Crippen molar-refractivity contribution in [1.82, 2.24) is 0 Å². The fraction of sp³-hybridized carbons (Fsp3) is 0.353. The first kappa shape index (κ1) is 13.6. The summed E-state index contributed by atoms with van der Waals surface area (Å²) in [4.78, 5) is 11.9. The van der Waals surface area contributed by atoms with Crippen LogP contribution >= 0.6 is 0 Å². The van der Waals surface area contributed by atoms with Gasteiger partial charge in [-0.2, -0.15) is 0 Å². The first-order valence-corrected chi connectivity index (χ1v) is 6.84. The summed E-state index contributed by atoms with van der Waals surface area (Å²) in [7, 11) is 1.42. The summed E-state index contributed by atoms with van der Waals surface area (Å²) in [5.74, 6) is -0.279. The van der Waals surface area contributed by atoms with Gasteiger partial charge >= 0.3 is 5.97 Å². The van der Waals surface area contributed by atoms with E-state index in [2.05, 4.69) is 6.08 Å². The molecule has 2 heteroatoms. The molecule has 0 amide bonds. The van der Waals surface area contributed by atoms with Crippen molar-refractivity contribution in [2.45, 2.75) is 32.1 Å². The fourth-order valence-corrected chi connectivity index (χ4v) is 2.38. The van der Waals surface area contributed by atoms with Gasteiger partial charge in [-0.3, -0.25) is 0 Å². The van der Waals surface area contributed by atoms with E-state index in [0.29, 0.717) is 5.57 Å². The highest BCUT2D eigenvalue weighted by atomic mass is 16.5. The van der Waals surface area contributed by atoms with E-state index in [1.54, 1.807) is 0 Å². The van der Waals surface area contributed by atoms with E-state index in [1.165, 1.54) is 31.9 Å². The molecule has 1 aromatic rings. The lowest BCUT2D eigenvalue weighted by Gasteiger charge is -2.12. The zero-order valence-electron chi connectivity index (χ0n) is 11.4. The molecular weight excluding hydrogens is 236 g/mol. The van der Waals surface area contributed by atoms with E-state index in [-0.39, 0.29) is 5.97 Å². The molecule has 2 rings (SSSR count). The van der Waals surface area contributed by atoms with E-state index in [0.717, 1.165) is 18.4 Å². The van der Waals surface area contributed by atoms with Crippen LogP contribution in [-0.2, 0) is 9.53 Å². The van der Waals surface area contributed by atoms with Gasteiger partial charge in [-0.15, -0.1) is 0 Å². The number of hydrogen-bond donors (Lipinski definition) is 0. The summed E-state index contributed by atoms with van der Waals surface area (Å²) < 4.78 is 4.87. The molecule has 1 aromatic carbocycles. The third kappa shape index (κ3) is 3.82. The standard InChI is InChI=1S/C17H20O2/c1-19-17(18)16(15-10-6-3-7-11-15)13-12-14-8-4-2-5-9-14/h3,6-7,10-13H,2,4-5,8-9H2,1H3/b16-13+. The van der Waals surface area contributed by atoms with Crippen LogP contribution in [0.1, 0.15) is 37.7 Å². The molecule has 2 nitrogen and oxygen atoms in total. The summed E-state index contributed by atoms with van der Waals surface area (Å²) in [6, 6.07) is 9.67. The molecule has 0 aromatic heterocycles. The lowest BCUT2D eigenvalue weighted by molar-refractivity contribution is -0.133. The Bertz CT molecular complexity index is 475. The number of benzene rings is 1. The largest absolute Gasteiger partial charge is 0.465 e. The van der Waals surface area contributed by atoms with Crippen LogP contribution in [0.4, 0.5) is 0 Å². The molecular formula is C17H20O2. The highest BCUT2D eigenvalue weighted by Crippen LogP contribution is 2.24. The van der Waals surface area contributed by atoms with Crippen LogP contribution in [-0.4, -0.2) is 13.1 Å². The summed E-state index contributed by atoms with van der Waals surface area (Å²) >= 11 is 0. The number of esters is 1. The van der Waals surface area contributed by atoms with Crippen LogP contribution in [0.2, 0.25) is 0 Å². The minimum atomic E-state index is -0.279. The normalized spacial score (nSPS) is 16.1. The number of allylic oxidation sites excluding steroid dienone is 3.